The first-order valence-corrected chi connectivity index (χ1v) is 8.60. The monoisotopic (exact) mass is 411 g/mol. The van der Waals surface area contributed by atoms with Crippen LogP contribution in [0.4, 0.5) is 18.9 Å². The van der Waals surface area contributed by atoms with E-state index in [-0.39, 0.29) is 23.3 Å². The topological polar surface area (TPSA) is 57.1 Å². The van der Waals surface area contributed by atoms with Crippen LogP contribution in [0.3, 0.4) is 0 Å². The average molecular weight is 412 g/mol. The Morgan fingerprint density at radius 2 is 1.86 bits per heavy atom. The molecular weight excluding hydrogens is 395 g/mol. The number of ether oxygens (including phenoxy) is 1. The summed E-state index contributed by atoms with van der Waals surface area (Å²) in [6.45, 7) is 1.71. The fraction of sp³-hybridized carbons (Fsp3) is 0.211. The Morgan fingerprint density at radius 3 is 2.50 bits per heavy atom. The number of rotatable bonds is 4. The average Bonchev–Trinajstić information content (AvgIpc) is 2.61. The Morgan fingerprint density at radius 1 is 1.18 bits per heavy atom. The minimum absolute atomic E-state index is 0.0358. The van der Waals surface area contributed by atoms with E-state index in [1.165, 1.54) is 42.5 Å². The first kappa shape index (κ1) is 20.0. The standard InChI is InChI=1S/C19H17ClF3N3O2/c1-10-3-15(23)14(20)7-16(10)24-19-25-18(27)17(28-2)9-26(19)8-11-4-12(21)6-13(22)5-11/h3-7,9,18,27H,8H2,1-2H3,(H,24,25). The maximum Gasteiger partial charge on any atom is 0.208 e. The molecule has 0 fully saturated rings. The summed E-state index contributed by atoms with van der Waals surface area (Å²) in [5.74, 6) is -1.67. The van der Waals surface area contributed by atoms with Gasteiger partial charge in [0, 0.05) is 18.0 Å². The molecule has 148 valence electrons. The maximum atomic E-state index is 13.6. The summed E-state index contributed by atoms with van der Waals surface area (Å²) in [4.78, 5) is 5.63. The number of hydrogen-bond donors (Lipinski definition) is 2. The highest BCUT2D eigenvalue weighted by molar-refractivity contribution is 6.31. The lowest BCUT2D eigenvalue weighted by Crippen LogP contribution is -2.38. The molecule has 0 saturated carbocycles. The van der Waals surface area contributed by atoms with E-state index in [0.717, 1.165) is 6.07 Å². The highest BCUT2D eigenvalue weighted by Crippen LogP contribution is 2.26. The zero-order valence-electron chi connectivity index (χ0n) is 15.0. The molecule has 0 aromatic heterocycles. The molecule has 1 aliphatic heterocycles. The maximum absolute atomic E-state index is 13.6. The first-order valence-electron chi connectivity index (χ1n) is 8.22. The van der Waals surface area contributed by atoms with E-state index in [1.54, 1.807) is 6.92 Å². The second-order valence-corrected chi connectivity index (χ2v) is 6.58. The second kappa shape index (κ2) is 8.12. The van der Waals surface area contributed by atoms with Crippen LogP contribution in [-0.4, -0.2) is 29.3 Å². The van der Waals surface area contributed by atoms with Gasteiger partial charge in [-0.2, -0.15) is 0 Å². The molecule has 0 saturated heterocycles. The molecule has 0 radical (unpaired) electrons. The third-order valence-electron chi connectivity index (χ3n) is 4.08. The molecule has 9 heteroatoms. The van der Waals surface area contributed by atoms with Gasteiger partial charge in [0.05, 0.1) is 18.7 Å². The van der Waals surface area contributed by atoms with E-state index in [9.17, 15) is 18.3 Å². The SMILES string of the molecule is COC1=CN(Cc2cc(F)cc(F)c2)C(Nc2cc(Cl)c(F)cc2C)=NC1O. The molecule has 1 atom stereocenters. The van der Waals surface area contributed by atoms with Crippen LogP contribution in [-0.2, 0) is 11.3 Å². The minimum atomic E-state index is -1.27. The zero-order valence-corrected chi connectivity index (χ0v) is 15.8. The summed E-state index contributed by atoms with van der Waals surface area (Å²) >= 11 is 5.85. The molecule has 0 amide bonds. The van der Waals surface area contributed by atoms with Crippen LogP contribution in [0.15, 0.2) is 47.3 Å². The summed E-state index contributed by atoms with van der Waals surface area (Å²) in [6.07, 6.45) is 0.188. The number of aryl methyl sites for hydroxylation is 1. The Bertz CT molecular complexity index is 945. The lowest BCUT2D eigenvalue weighted by Gasteiger charge is -2.29. The van der Waals surface area contributed by atoms with Crippen LogP contribution in [0, 0.1) is 24.4 Å². The number of halogens is 4. The van der Waals surface area contributed by atoms with Crippen molar-refractivity contribution in [3.8, 4) is 0 Å². The van der Waals surface area contributed by atoms with Gasteiger partial charge in [-0.15, -0.1) is 0 Å². The van der Waals surface area contributed by atoms with Crippen molar-refractivity contribution in [1.29, 1.82) is 0 Å². The van der Waals surface area contributed by atoms with E-state index >= 15 is 0 Å². The Balaban J connectivity index is 1.93. The molecule has 1 aliphatic rings. The van der Waals surface area contributed by atoms with Crippen molar-refractivity contribution in [2.75, 3.05) is 12.4 Å². The van der Waals surface area contributed by atoms with Crippen molar-refractivity contribution in [2.45, 2.75) is 19.7 Å². The lowest BCUT2D eigenvalue weighted by molar-refractivity contribution is 0.124. The molecule has 2 N–H and O–H groups in total. The van der Waals surface area contributed by atoms with E-state index < -0.39 is 23.7 Å². The van der Waals surface area contributed by atoms with Gasteiger partial charge in [0.2, 0.25) is 12.2 Å². The van der Waals surface area contributed by atoms with Crippen LogP contribution in [0.25, 0.3) is 0 Å². The third kappa shape index (κ3) is 4.40. The summed E-state index contributed by atoms with van der Waals surface area (Å²) in [5.41, 5.74) is 1.35. The van der Waals surface area contributed by atoms with Crippen LogP contribution in [0.1, 0.15) is 11.1 Å². The van der Waals surface area contributed by atoms with E-state index in [0.29, 0.717) is 16.8 Å². The van der Waals surface area contributed by atoms with Crippen molar-refractivity contribution in [3.63, 3.8) is 0 Å². The molecule has 1 unspecified atom stereocenters. The fourth-order valence-corrected chi connectivity index (χ4v) is 2.88. The first-order chi connectivity index (χ1) is 13.3. The van der Waals surface area contributed by atoms with Crippen LogP contribution in [0.5, 0.6) is 0 Å². The second-order valence-electron chi connectivity index (χ2n) is 6.17. The summed E-state index contributed by atoms with van der Waals surface area (Å²) in [6, 6.07) is 5.79. The fourth-order valence-electron chi connectivity index (χ4n) is 2.72. The normalized spacial score (nSPS) is 16.5. The van der Waals surface area contributed by atoms with Gasteiger partial charge in [-0.25, -0.2) is 18.2 Å². The minimum Gasteiger partial charge on any atom is -0.495 e. The van der Waals surface area contributed by atoms with Gasteiger partial charge in [0.15, 0.2) is 5.76 Å². The number of aliphatic hydroxyl groups is 1. The van der Waals surface area contributed by atoms with Crippen LogP contribution in [0.2, 0.25) is 5.02 Å². The number of guanidine groups is 1. The zero-order chi connectivity index (χ0) is 20.4. The van der Waals surface area contributed by atoms with E-state index in [2.05, 4.69) is 10.3 Å². The van der Waals surface area contributed by atoms with Crippen molar-refractivity contribution in [3.05, 3.63) is 75.9 Å². The molecule has 28 heavy (non-hydrogen) atoms. The van der Waals surface area contributed by atoms with Gasteiger partial charge in [0.1, 0.15) is 17.5 Å². The quantitative estimate of drug-likeness (QED) is 0.793. The number of nitrogens with one attached hydrogen (secondary N) is 1. The van der Waals surface area contributed by atoms with Crippen molar-refractivity contribution in [2.24, 2.45) is 4.99 Å². The third-order valence-corrected chi connectivity index (χ3v) is 4.37. The lowest BCUT2D eigenvalue weighted by atomic mass is 10.2. The van der Waals surface area contributed by atoms with Gasteiger partial charge in [-0.3, -0.25) is 0 Å². The summed E-state index contributed by atoms with van der Waals surface area (Å²) < 4.78 is 45.8. The van der Waals surface area contributed by atoms with Gasteiger partial charge < -0.3 is 20.1 Å². The smallest absolute Gasteiger partial charge is 0.208 e. The molecular formula is C19H17ClF3N3O2. The molecule has 2 aromatic carbocycles. The number of benzene rings is 2. The Labute approximate surface area is 164 Å². The summed E-state index contributed by atoms with van der Waals surface area (Å²) in [7, 11) is 1.37. The molecule has 0 bridgehead atoms. The number of hydrogen-bond acceptors (Lipinski definition) is 5. The number of aliphatic hydroxyl groups excluding tert-OH is 1. The van der Waals surface area contributed by atoms with Crippen LogP contribution < -0.4 is 5.32 Å². The van der Waals surface area contributed by atoms with E-state index in [1.807, 2.05) is 0 Å². The summed E-state index contributed by atoms with van der Waals surface area (Å²) in [5, 5.41) is 13.0. The van der Waals surface area contributed by atoms with Gasteiger partial charge >= 0.3 is 0 Å². The van der Waals surface area contributed by atoms with Crippen molar-refractivity contribution in [1.82, 2.24) is 4.90 Å². The van der Waals surface area contributed by atoms with Crippen molar-refractivity contribution < 1.29 is 23.0 Å². The van der Waals surface area contributed by atoms with Crippen molar-refractivity contribution >= 4 is 23.2 Å². The highest BCUT2D eigenvalue weighted by atomic mass is 35.5. The molecule has 1 heterocycles. The highest BCUT2D eigenvalue weighted by Gasteiger charge is 2.24. The van der Waals surface area contributed by atoms with Gasteiger partial charge in [-0.1, -0.05) is 11.6 Å². The number of methoxy groups -OCH3 is 1. The van der Waals surface area contributed by atoms with Gasteiger partial charge in [-0.05, 0) is 42.3 Å². The largest absolute Gasteiger partial charge is 0.495 e. The molecule has 2 aromatic rings. The Hall–Kier alpha value is -2.71. The molecule has 0 aliphatic carbocycles. The predicted octanol–water partition coefficient (Wildman–Crippen LogP) is 4.16. The number of aliphatic imine (C=N–C) groups is 1. The number of nitrogens with zero attached hydrogens (tertiary/aromatic N) is 2. The van der Waals surface area contributed by atoms with E-state index in [4.69, 9.17) is 16.3 Å². The van der Waals surface area contributed by atoms with Crippen LogP contribution >= 0.6 is 11.6 Å². The Kier molecular flexibility index (Phi) is 5.81. The molecule has 0 spiro atoms. The molecule has 5 nitrogen and oxygen atoms in total. The predicted molar refractivity (Wildman–Crippen MR) is 100 cm³/mol. The van der Waals surface area contributed by atoms with Gasteiger partial charge in [0.25, 0.3) is 0 Å². The number of anilines is 1. The molecule has 3 rings (SSSR count).